The summed E-state index contributed by atoms with van der Waals surface area (Å²) in [7, 11) is -4.87. The predicted octanol–water partition coefficient (Wildman–Crippen LogP) is 7.07. The van der Waals surface area contributed by atoms with E-state index in [2.05, 4.69) is 5.14 Å². The summed E-state index contributed by atoms with van der Waals surface area (Å²) in [5.74, 6) is -78.1. The van der Waals surface area contributed by atoms with Crippen LogP contribution in [0.4, 0.5) is 92.2 Å². The smallest absolute Gasteiger partial charge is 0.225 e. The van der Waals surface area contributed by atoms with Crippen molar-refractivity contribution in [1.29, 1.82) is 0 Å². The van der Waals surface area contributed by atoms with E-state index >= 15 is 0 Å². The van der Waals surface area contributed by atoms with E-state index in [9.17, 15) is 101 Å². The molecule has 0 heterocycles. The van der Waals surface area contributed by atoms with Crippen LogP contribution in [0.3, 0.4) is 0 Å². The second-order valence-corrected chi connectivity index (χ2v) is 9.30. The molecule has 2 N–H and O–H groups in total. The van der Waals surface area contributed by atoms with E-state index < -0.39 is 92.1 Å². The SMILES string of the molecule is NS(=O)(=O)c1ccc(C(F)(F)C(F)(F)C(F)(F)C(F)(F)C(F)(F)C(F)(F)C(F)(F)C(F)(F)C(F)(F)C(F)(F)F)cc1. The number of nitrogens with two attached hydrogens (primary N) is 1. The molecule has 0 aliphatic heterocycles. The Morgan fingerprint density at radius 1 is 0.415 bits per heavy atom. The Balaban J connectivity index is 3.83. The lowest BCUT2D eigenvalue weighted by atomic mass is 9.85. The zero-order valence-electron chi connectivity index (χ0n) is 18.0. The van der Waals surface area contributed by atoms with Crippen molar-refractivity contribution in [2.75, 3.05) is 0 Å². The predicted molar refractivity (Wildman–Crippen MR) is 87.3 cm³/mol. The van der Waals surface area contributed by atoms with Gasteiger partial charge in [0, 0.05) is 5.56 Å². The van der Waals surface area contributed by atoms with Crippen LogP contribution in [-0.2, 0) is 15.9 Å². The molecule has 0 fully saturated rings. The van der Waals surface area contributed by atoms with Crippen molar-refractivity contribution in [2.45, 2.75) is 64.4 Å². The zero-order valence-corrected chi connectivity index (χ0v) is 18.9. The van der Waals surface area contributed by atoms with Crippen molar-refractivity contribution in [3.63, 3.8) is 0 Å². The summed E-state index contributed by atoms with van der Waals surface area (Å²) >= 11 is 0. The number of primary sulfonamides is 1. The van der Waals surface area contributed by atoms with E-state index in [1.807, 2.05) is 0 Å². The van der Waals surface area contributed by atoms with Gasteiger partial charge in [0.25, 0.3) is 0 Å². The molecule has 0 spiro atoms. The highest BCUT2D eigenvalue weighted by atomic mass is 32.2. The first-order valence-corrected chi connectivity index (χ1v) is 10.6. The Hall–Kier alpha value is -2.34. The van der Waals surface area contributed by atoms with Crippen LogP contribution < -0.4 is 5.14 Å². The van der Waals surface area contributed by atoms with Crippen LogP contribution in [0.1, 0.15) is 5.56 Å². The van der Waals surface area contributed by atoms with Crippen molar-refractivity contribution < 1.29 is 101 Å². The van der Waals surface area contributed by atoms with Gasteiger partial charge in [-0.15, -0.1) is 0 Å². The summed E-state index contributed by atoms with van der Waals surface area (Å²) in [5, 5.41) is 4.47. The van der Waals surface area contributed by atoms with Gasteiger partial charge in [-0.25, -0.2) is 13.6 Å². The summed E-state index contributed by atoms with van der Waals surface area (Å²) in [4.78, 5) is -1.28. The van der Waals surface area contributed by atoms with Gasteiger partial charge < -0.3 is 0 Å². The van der Waals surface area contributed by atoms with Crippen LogP contribution in [-0.4, -0.2) is 62.0 Å². The molecule has 0 amide bonds. The molecule has 0 unspecified atom stereocenters. The number of hydrogen-bond donors (Lipinski definition) is 1. The lowest BCUT2D eigenvalue weighted by Crippen LogP contribution is -2.76. The average molecular weight is 675 g/mol. The van der Waals surface area contributed by atoms with Crippen molar-refractivity contribution in [3.8, 4) is 0 Å². The van der Waals surface area contributed by atoms with Gasteiger partial charge in [0.15, 0.2) is 0 Å². The molecule has 240 valence electrons. The van der Waals surface area contributed by atoms with Crippen molar-refractivity contribution in [1.82, 2.24) is 0 Å². The maximum atomic E-state index is 14.1. The first kappa shape index (κ1) is 36.7. The minimum absolute atomic E-state index is 0.211. The molecule has 0 atom stereocenters. The first-order chi connectivity index (χ1) is 17.5. The number of alkyl halides is 21. The van der Waals surface area contributed by atoms with Gasteiger partial charge in [-0.1, -0.05) is 12.1 Å². The molecule has 0 bridgehead atoms. The number of sulfonamides is 1. The van der Waals surface area contributed by atoms with Gasteiger partial charge in [-0.2, -0.15) is 92.2 Å². The highest BCUT2D eigenvalue weighted by Crippen LogP contribution is 2.66. The summed E-state index contributed by atoms with van der Waals surface area (Å²) in [5.41, 5.74) is -2.71. The minimum atomic E-state index is -9.26. The highest BCUT2D eigenvalue weighted by molar-refractivity contribution is 7.89. The number of halogens is 21. The number of benzene rings is 1. The third-order valence-electron chi connectivity index (χ3n) is 5.06. The maximum absolute atomic E-state index is 14.1. The third kappa shape index (κ3) is 4.73. The largest absolute Gasteiger partial charge is 0.460 e. The number of hydrogen-bond acceptors (Lipinski definition) is 2. The normalized spacial score (nSPS) is 16.2. The fourth-order valence-corrected chi connectivity index (χ4v) is 3.11. The topological polar surface area (TPSA) is 60.2 Å². The van der Waals surface area contributed by atoms with Gasteiger partial charge in [0.1, 0.15) is 0 Å². The van der Waals surface area contributed by atoms with Crippen molar-refractivity contribution in [3.05, 3.63) is 29.8 Å². The van der Waals surface area contributed by atoms with Crippen molar-refractivity contribution >= 4 is 10.0 Å². The Morgan fingerprint density at radius 3 is 0.902 bits per heavy atom. The maximum Gasteiger partial charge on any atom is 0.460 e. The van der Waals surface area contributed by atoms with Crippen LogP contribution in [0, 0.1) is 0 Å². The second kappa shape index (κ2) is 9.33. The van der Waals surface area contributed by atoms with E-state index in [0.29, 0.717) is 0 Å². The van der Waals surface area contributed by atoms with Gasteiger partial charge in [0.05, 0.1) is 4.90 Å². The van der Waals surface area contributed by atoms with E-state index in [4.69, 9.17) is 0 Å². The third-order valence-corrected chi connectivity index (χ3v) is 5.99. The second-order valence-electron chi connectivity index (χ2n) is 7.74. The van der Waals surface area contributed by atoms with E-state index in [1.54, 1.807) is 0 Å². The fraction of sp³-hybridized carbons (Fsp3) is 0.625. The van der Waals surface area contributed by atoms with Gasteiger partial charge >= 0.3 is 59.5 Å². The minimum Gasteiger partial charge on any atom is -0.225 e. The molecule has 0 saturated carbocycles. The first-order valence-electron chi connectivity index (χ1n) is 9.06. The van der Waals surface area contributed by atoms with Gasteiger partial charge in [0.2, 0.25) is 10.0 Å². The molecule has 1 rings (SSSR count). The molecule has 41 heavy (non-hydrogen) atoms. The number of rotatable bonds is 10. The molecule has 0 aliphatic carbocycles. The molecule has 1 aromatic carbocycles. The molecule has 1 aromatic rings. The summed E-state index contributed by atoms with van der Waals surface area (Å²) < 4.78 is 303. The molecule has 0 aromatic heterocycles. The summed E-state index contributed by atoms with van der Waals surface area (Å²) in [6.45, 7) is 0. The summed E-state index contributed by atoms with van der Waals surface area (Å²) in [6.07, 6.45) is -8.05. The van der Waals surface area contributed by atoms with Crippen LogP contribution in [0.15, 0.2) is 29.2 Å². The molecule has 0 aliphatic rings. The Kier molecular flexibility index (Phi) is 8.35. The standard InChI is InChI=1S/C16H6F21NO2S/c17-7(18,5-1-3-6(4-2-5)41(38,39)40)8(19,20)9(21,22)10(23,24)11(25,26)12(27,28)13(29,30)14(31,32)15(33,34)16(35,36)37/h1-4H,(H2,38,39,40). The Bertz CT molecular complexity index is 1230. The van der Waals surface area contributed by atoms with Gasteiger partial charge in [-0.3, -0.25) is 0 Å². The Labute approximate surface area is 211 Å². The average Bonchev–Trinajstić information content (AvgIpc) is 2.76. The van der Waals surface area contributed by atoms with E-state index in [-0.39, 0.29) is 12.1 Å². The molecule has 25 heteroatoms. The lowest BCUT2D eigenvalue weighted by molar-refractivity contribution is -0.474. The summed E-state index contributed by atoms with van der Waals surface area (Å²) in [6, 6.07) is -1.64. The van der Waals surface area contributed by atoms with E-state index in [1.165, 1.54) is 0 Å². The molecule has 0 radical (unpaired) electrons. The van der Waals surface area contributed by atoms with Crippen molar-refractivity contribution in [2.24, 2.45) is 5.14 Å². The monoisotopic (exact) mass is 675 g/mol. The quantitative estimate of drug-likeness (QED) is 0.270. The lowest BCUT2D eigenvalue weighted by Gasteiger charge is -2.44. The molecular formula is C16H6F21NO2S. The molecular weight excluding hydrogens is 669 g/mol. The van der Waals surface area contributed by atoms with Gasteiger partial charge in [-0.05, 0) is 12.1 Å². The molecule has 0 saturated heterocycles. The zero-order chi connectivity index (χ0) is 33.5. The van der Waals surface area contributed by atoms with Crippen LogP contribution in [0.5, 0.6) is 0 Å². The molecule has 3 nitrogen and oxygen atoms in total. The van der Waals surface area contributed by atoms with Crippen LogP contribution >= 0.6 is 0 Å². The fourth-order valence-electron chi connectivity index (χ4n) is 2.59. The van der Waals surface area contributed by atoms with Crippen LogP contribution in [0.25, 0.3) is 0 Å². The Morgan fingerprint density at radius 2 is 0.659 bits per heavy atom. The van der Waals surface area contributed by atoms with Crippen LogP contribution in [0.2, 0.25) is 0 Å². The highest BCUT2D eigenvalue weighted by Gasteiger charge is 2.97. The van der Waals surface area contributed by atoms with E-state index in [0.717, 1.165) is 0 Å².